The Labute approximate surface area is 160 Å². The zero-order valence-electron chi connectivity index (χ0n) is 16.3. The molecule has 1 aliphatic heterocycles. The molecule has 150 valence electrons. The molecule has 1 aromatic rings. The van der Waals surface area contributed by atoms with E-state index in [4.69, 9.17) is 14.2 Å². The first-order valence-electron chi connectivity index (χ1n) is 8.59. The van der Waals surface area contributed by atoms with Crippen molar-refractivity contribution in [1.29, 1.82) is 0 Å². The summed E-state index contributed by atoms with van der Waals surface area (Å²) in [5, 5.41) is 0. The van der Waals surface area contributed by atoms with Gasteiger partial charge in [-0.15, -0.1) is 4.36 Å². The molecule has 0 spiro atoms. The van der Waals surface area contributed by atoms with Crippen molar-refractivity contribution in [3.05, 3.63) is 24.3 Å². The van der Waals surface area contributed by atoms with E-state index in [0.717, 1.165) is 0 Å². The number of benzene rings is 1. The molecule has 0 saturated carbocycles. The fourth-order valence-corrected chi connectivity index (χ4v) is 4.91. The van der Waals surface area contributed by atoms with Crippen LogP contribution in [0.1, 0.15) is 33.6 Å². The van der Waals surface area contributed by atoms with Crippen LogP contribution in [0.25, 0.3) is 0 Å². The summed E-state index contributed by atoms with van der Waals surface area (Å²) in [6.07, 6.45) is 0.166. The van der Waals surface area contributed by atoms with E-state index >= 15 is 0 Å². The van der Waals surface area contributed by atoms with Gasteiger partial charge in [0.25, 0.3) is 0 Å². The molecular formula is C18H26N2O6S. The van der Waals surface area contributed by atoms with Crippen molar-refractivity contribution in [2.75, 3.05) is 20.8 Å². The predicted molar refractivity (Wildman–Crippen MR) is 99.8 cm³/mol. The summed E-state index contributed by atoms with van der Waals surface area (Å²) in [6, 6.07) is 5.66. The first-order chi connectivity index (χ1) is 12.6. The number of methoxy groups -OCH3 is 2. The van der Waals surface area contributed by atoms with Gasteiger partial charge in [0.1, 0.15) is 17.4 Å². The number of nitrogens with zero attached hydrogens (tertiary/aromatic N) is 2. The Morgan fingerprint density at radius 3 is 2.33 bits per heavy atom. The van der Waals surface area contributed by atoms with Crippen LogP contribution >= 0.6 is 0 Å². The highest BCUT2D eigenvalue weighted by Gasteiger charge is 2.40. The first-order valence-corrected chi connectivity index (χ1v) is 10.1. The molecular weight excluding hydrogens is 372 g/mol. The Morgan fingerprint density at radius 1 is 1.19 bits per heavy atom. The van der Waals surface area contributed by atoms with Gasteiger partial charge in [-0.2, -0.15) is 4.31 Å². The highest BCUT2D eigenvalue weighted by molar-refractivity contribution is 7.91. The minimum Gasteiger partial charge on any atom is -0.497 e. The molecule has 0 bridgehead atoms. The third-order valence-electron chi connectivity index (χ3n) is 3.95. The summed E-state index contributed by atoms with van der Waals surface area (Å²) in [7, 11) is -0.624. The second-order valence-electron chi connectivity index (χ2n) is 7.07. The molecule has 0 radical (unpaired) electrons. The quantitative estimate of drug-likeness (QED) is 0.724. The van der Waals surface area contributed by atoms with E-state index in [1.807, 2.05) is 0 Å². The number of hydrogen-bond donors (Lipinski definition) is 0. The topological polar surface area (TPSA) is 94.5 Å². The summed E-state index contributed by atoms with van der Waals surface area (Å²) in [4.78, 5) is 24.8. The molecule has 1 heterocycles. The predicted octanol–water partition coefficient (Wildman–Crippen LogP) is 3.01. The maximum Gasteiger partial charge on any atom is 0.443 e. The average Bonchev–Trinajstić information content (AvgIpc) is 3.09. The van der Waals surface area contributed by atoms with Crippen molar-refractivity contribution in [2.24, 2.45) is 4.36 Å². The summed E-state index contributed by atoms with van der Waals surface area (Å²) in [5.41, 5.74) is -0.784. The van der Waals surface area contributed by atoms with Crippen molar-refractivity contribution >= 4 is 22.0 Å². The highest BCUT2D eigenvalue weighted by Crippen LogP contribution is 2.30. The minimum atomic E-state index is -3.42. The molecule has 27 heavy (non-hydrogen) atoms. The van der Waals surface area contributed by atoms with Crippen LogP contribution in [0.15, 0.2) is 33.5 Å². The van der Waals surface area contributed by atoms with Crippen LogP contribution in [0, 0.1) is 0 Å². The van der Waals surface area contributed by atoms with E-state index in [2.05, 4.69) is 4.36 Å². The molecule has 9 heteroatoms. The Balaban J connectivity index is 2.55. The maximum absolute atomic E-state index is 13.9. The van der Waals surface area contributed by atoms with E-state index in [-0.39, 0.29) is 0 Å². The maximum atomic E-state index is 13.9. The molecule has 0 unspecified atom stereocenters. The molecule has 1 saturated heterocycles. The Hall–Kier alpha value is -2.13. The molecule has 0 aromatic heterocycles. The van der Waals surface area contributed by atoms with E-state index in [1.165, 1.54) is 18.5 Å². The number of esters is 1. The molecule has 1 aromatic carbocycles. The van der Waals surface area contributed by atoms with E-state index in [1.54, 1.807) is 45.0 Å². The zero-order valence-corrected chi connectivity index (χ0v) is 17.1. The SMILES string of the molecule is COC(=O)[C@@H]1CCCN1[S@](=O)(=NC(=O)OC(C)(C)C)c1ccc(OC)cc1. The van der Waals surface area contributed by atoms with Gasteiger partial charge in [0.2, 0.25) is 0 Å². The molecule has 1 fully saturated rings. The van der Waals surface area contributed by atoms with Gasteiger partial charge in [0.05, 0.1) is 19.1 Å². The van der Waals surface area contributed by atoms with Gasteiger partial charge in [0.15, 0.2) is 9.92 Å². The second kappa shape index (κ2) is 8.26. The van der Waals surface area contributed by atoms with Gasteiger partial charge in [-0.25, -0.2) is 9.00 Å². The van der Waals surface area contributed by atoms with Crippen LogP contribution in [-0.2, 0) is 24.2 Å². The van der Waals surface area contributed by atoms with Gasteiger partial charge < -0.3 is 14.2 Å². The minimum absolute atomic E-state index is 0.296. The first kappa shape index (κ1) is 21.2. The van der Waals surface area contributed by atoms with Gasteiger partial charge in [-0.3, -0.25) is 4.79 Å². The van der Waals surface area contributed by atoms with Gasteiger partial charge in [0, 0.05) is 6.54 Å². The summed E-state index contributed by atoms with van der Waals surface area (Å²) in [6.45, 7) is 5.44. The Kier molecular flexibility index (Phi) is 6.48. The molecule has 8 nitrogen and oxygen atoms in total. The summed E-state index contributed by atoms with van der Waals surface area (Å²) in [5.74, 6) is 0.0665. The number of carbonyl (C=O) groups excluding carboxylic acids is 2. The van der Waals surface area contributed by atoms with E-state index < -0.39 is 33.6 Å². The number of carbonyl (C=O) groups is 2. The van der Waals surface area contributed by atoms with Crippen molar-refractivity contribution < 1.29 is 28.0 Å². The van der Waals surface area contributed by atoms with Crippen LogP contribution < -0.4 is 4.74 Å². The number of rotatable bonds is 4. The van der Waals surface area contributed by atoms with Crippen LogP contribution in [-0.4, -0.2) is 53.0 Å². The van der Waals surface area contributed by atoms with Crippen LogP contribution in [0.2, 0.25) is 0 Å². The van der Waals surface area contributed by atoms with Gasteiger partial charge in [-0.05, 0) is 57.9 Å². The lowest BCUT2D eigenvalue weighted by molar-refractivity contribution is -0.144. The molecule has 0 N–H and O–H groups in total. The summed E-state index contributed by atoms with van der Waals surface area (Å²) < 4.78 is 34.5. The standard InChI is InChI=1S/C18H26N2O6S/c1-18(2,3)26-17(22)19-27(23,14-10-8-13(24-4)9-11-14)20-12-6-7-15(20)16(21)25-5/h8-11,15H,6-7,12H2,1-5H3/t15-,27+/m0/s1. The van der Waals surface area contributed by atoms with Crippen molar-refractivity contribution in [1.82, 2.24) is 4.31 Å². The summed E-state index contributed by atoms with van der Waals surface area (Å²) >= 11 is 0. The Morgan fingerprint density at radius 2 is 1.81 bits per heavy atom. The highest BCUT2D eigenvalue weighted by atomic mass is 32.2. The third kappa shape index (κ3) is 4.98. The lowest BCUT2D eigenvalue weighted by atomic mass is 10.2. The molecule has 1 aliphatic rings. The third-order valence-corrected chi connectivity index (χ3v) is 6.31. The average molecular weight is 398 g/mol. The van der Waals surface area contributed by atoms with Gasteiger partial charge in [-0.1, -0.05) is 0 Å². The fourth-order valence-electron chi connectivity index (χ4n) is 2.78. The largest absolute Gasteiger partial charge is 0.497 e. The number of ether oxygens (including phenoxy) is 3. The van der Waals surface area contributed by atoms with E-state index in [0.29, 0.717) is 30.0 Å². The molecule has 1 amide bonds. The Bertz CT molecular complexity index is 806. The lowest BCUT2D eigenvalue weighted by Gasteiger charge is -2.26. The fraction of sp³-hybridized carbons (Fsp3) is 0.556. The van der Waals surface area contributed by atoms with Gasteiger partial charge >= 0.3 is 12.1 Å². The monoisotopic (exact) mass is 398 g/mol. The van der Waals surface area contributed by atoms with Crippen LogP contribution in [0.5, 0.6) is 5.75 Å². The molecule has 0 aliphatic carbocycles. The van der Waals surface area contributed by atoms with Crippen molar-refractivity contribution in [3.8, 4) is 5.75 Å². The van der Waals surface area contributed by atoms with Crippen LogP contribution in [0.4, 0.5) is 4.79 Å². The number of amides is 1. The van der Waals surface area contributed by atoms with Crippen LogP contribution in [0.3, 0.4) is 0 Å². The second-order valence-corrected chi connectivity index (χ2v) is 9.18. The normalized spacial score (nSPS) is 19.8. The van der Waals surface area contributed by atoms with Crippen molar-refractivity contribution in [3.63, 3.8) is 0 Å². The lowest BCUT2D eigenvalue weighted by Crippen LogP contribution is -2.41. The smallest absolute Gasteiger partial charge is 0.443 e. The molecule has 2 atom stereocenters. The zero-order chi connectivity index (χ0) is 20.2. The van der Waals surface area contributed by atoms with E-state index in [9.17, 15) is 13.8 Å². The molecule has 2 rings (SSSR count). The van der Waals surface area contributed by atoms with Crippen molar-refractivity contribution in [2.45, 2.75) is 50.2 Å². The number of hydrogen-bond acceptors (Lipinski definition) is 6.